The third-order valence-electron chi connectivity index (χ3n) is 6.11. The second kappa shape index (κ2) is 9.11. The van der Waals surface area contributed by atoms with Gasteiger partial charge >= 0.3 is 5.56 Å². The molecule has 0 atom stereocenters. The van der Waals surface area contributed by atoms with Crippen molar-refractivity contribution in [3.63, 3.8) is 0 Å². The molecule has 1 saturated carbocycles. The molecule has 0 radical (unpaired) electrons. The van der Waals surface area contributed by atoms with E-state index >= 15 is 0 Å². The van der Waals surface area contributed by atoms with Crippen molar-refractivity contribution in [2.75, 3.05) is 31.1 Å². The second-order valence-electron chi connectivity index (χ2n) is 8.60. The zero-order valence-corrected chi connectivity index (χ0v) is 19.3. The van der Waals surface area contributed by atoms with E-state index in [9.17, 15) is 18.3 Å². The van der Waals surface area contributed by atoms with Gasteiger partial charge in [-0.2, -0.15) is 14.1 Å². The third-order valence-corrected chi connectivity index (χ3v) is 8.39. The van der Waals surface area contributed by atoms with Gasteiger partial charge in [0.25, 0.3) is 0 Å². The van der Waals surface area contributed by atoms with E-state index in [2.05, 4.69) is 5.10 Å². The van der Waals surface area contributed by atoms with Gasteiger partial charge < -0.3 is 14.7 Å². The van der Waals surface area contributed by atoms with Gasteiger partial charge in [-0.15, -0.1) is 0 Å². The normalized spacial score (nSPS) is 18.4. The smallest absolute Gasteiger partial charge is 0.316 e. The molecule has 174 valence electrons. The number of ether oxygens (including phenoxy) is 1. The predicted molar refractivity (Wildman–Crippen MR) is 122 cm³/mol. The van der Waals surface area contributed by atoms with Crippen LogP contribution in [0.5, 0.6) is 11.5 Å². The highest BCUT2D eigenvalue weighted by atomic mass is 32.2. The zero-order chi connectivity index (χ0) is 22.9. The molecule has 1 aromatic heterocycles. The van der Waals surface area contributed by atoms with Crippen LogP contribution in [-0.4, -0.2) is 65.1 Å². The molecule has 0 bridgehead atoms. The summed E-state index contributed by atoms with van der Waals surface area (Å²) in [6, 6.07) is 6.35. The van der Waals surface area contributed by atoms with Crippen molar-refractivity contribution in [1.82, 2.24) is 14.1 Å². The van der Waals surface area contributed by atoms with Crippen LogP contribution in [0.15, 0.2) is 35.3 Å². The van der Waals surface area contributed by atoms with Crippen LogP contribution in [0.1, 0.15) is 39.5 Å². The molecule has 1 saturated heterocycles. The van der Waals surface area contributed by atoms with Gasteiger partial charge in [0.15, 0.2) is 0 Å². The van der Waals surface area contributed by atoms with E-state index in [0.717, 1.165) is 25.7 Å². The molecule has 0 amide bonds. The molecule has 4 rings (SSSR count). The first-order valence-electron chi connectivity index (χ1n) is 11.1. The summed E-state index contributed by atoms with van der Waals surface area (Å²) in [4.78, 5) is 15.4. The maximum absolute atomic E-state index is 13.4. The van der Waals surface area contributed by atoms with Crippen molar-refractivity contribution in [2.24, 2.45) is 0 Å². The number of phenolic OH excluding ortho intramolecular Hbond substituents is 1. The van der Waals surface area contributed by atoms with Crippen LogP contribution in [0.25, 0.3) is 5.69 Å². The molecule has 2 fully saturated rings. The molecular formula is C22H30N4O5S. The molecule has 2 aliphatic rings. The summed E-state index contributed by atoms with van der Waals surface area (Å²) in [5, 5.41) is 13.7. The van der Waals surface area contributed by atoms with Gasteiger partial charge in [-0.3, -0.25) is 4.79 Å². The van der Waals surface area contributed by atoms with Crippen molar-refractivity contribution in [3.8, 4) is 17.2 Å². The minimum atomic E-state index is -3.32. The number of aromatic nitrogens is 2. The Balaban J connectivity index is 1.66. The SMILES string of the molecule is CC(C)S(=O)(=O)N1CCN(c2cnn(-c3cccc(O)c3)c(=O)c2OC2CCCC2)CC1. The van der Waals surface area contributed by atoms with E-state index in [1.54, 1.807) is 32.2 Å². The van der Waals surface area contributed by atoms with Gasteiger partial charge in [-0.05, 0) is 51.7 Å². The Labute approximate surface area is 188 Å². The topological polar surface area (TPSA) is 105 Å². The molecule has 0 unspecified atom stereocenters. The monoisotopic (exact) mass is 462 g/mol. The summed E-state index contributed by atoms with van der Waals surface area (Å²) < 4.78 is 34.0. The molecule has 9 nitrogen and oxygen atoms in total. The fraction of sp³-hybridized carbons (Fsp3) is 0.545. The van der Waals surface area contributed by atoms with Gasteiger partial charge in [0.2, 0.25) is 15.8 Å². The molecule has 1 aromatic carbocycles. The maximum atomic E-state index is 13.4. The number of anilines is 1. The Kier molecular flexibility index (Phi) is 6.43. The average Bonchev–Trinajstić information content (AvgIpc) is 3.28. The number of phenols is 1. The van der Waals surface area contributed by atoms with Crippen molar-refractivity contribution >= 4 is 15.7 Å². The largest absolute Gasteiger partial charge is 0.508 e. The minimum absolute atomic E-state index is 0.0240. The summed E-state index contributed by atoms with van der Waals surface area (Å²) >= 11 is 0. The Morgan fingerprint density at radius 1 is 1.12 bits per heavy atom. The maximum Gasteiger partial charge on any atom is 0.316 e. The first-order chi connectivity index (χ1) is 15.3. The Hall–Kier alpha value is -2.59. The predicted octanol–water partition coefficient (Wildman–Crippen LogP) is 2.12. The lowest BCUT2D eigenvalue weighted by atomic mass is 10.2. The number of sulfonamides is 1. The fourth-order valence-electron chi connectivity index (χ4n) is 4.23. The van der Waals surface area contributed by atoms with Gasteiger partial charge in [-0.1, -0.05) is 6.07 Å². The summed E-state index contributed by atoms with van der Waals surface area (Å²) in [6.45, 7) is 4.95. The second-order valence-corrected chi connectivity index (χ2v) is 11.1. The number of hydrogen-bond donors (Lipinski definition) is 1. The summed E-state index contributed by atoms with van der Waals surface area (Å²) in [5.41, 5.74) is 0.641. The quantitative estimate of drug-likeness (QED) is 0.701. The molecular weight excluding hydrogens is 432 g/mol. The number of piperazine rings is 1. The lowest BCUT2D eigenvalue weighted by Crippen LogP contribution is -2.50. The average molecular weight is 463 g/mol. The number of rotatable bonds is 6. The molecule has 10 heteroatoms. The first-order valence-corrected chi connectivity index (χ1v) is 12.6. The Bertz CT molecular complexity index is 1120. The van der Waals surface area contributed by atoms with Crippen LogP contribution < -0.4 is 15.2 Å². The van der Waals surface area contributed by atoms with Gasteiger partial charge in [0.05, 0.1) is 23.2 Å². The van der Waals surface area contributed by atoms with E-state index in [1.807, 2.05) is 4.90 Å². The number of aromatic hydroxyl groups is 1. The van der Waals surface area contributed by atoms with Gasteiger partial charge in [-0.25, -0.2) is 8.42 Å². The number of benzene rings is 1. The first kappa shape index (κ1) is 22.6. The summed E-state index contributed by atoms with van der Waals surface area (Å²) in [5.74, 6) is 0.274. The molecule has 1 aliphatic heterocycles. The van der Waals surface area contributed by atoms with Crippen LogP contribution in [0.3, 0.4) is 0 Å². The summed E-state index contributed by atoms with van der Waals surface area (Å²) in [6.07, 6.45) is 5.50. The number of nitrogens with zero attached hydrogens (tertiary/aromatic N) is 4. The van der Waals surface area contributed by atoms with Crippen LogP contribution in [-0.2, 0) is 10.0 Å². The molecule has 1 aliphatic carbocycles. The van der Waals surface area contributed by atoms with Crippen LogP contribution in [0.4, 0.5) is 5.69 Å². The standard InChI is InChI=1S/C22H30N4O5S/c1-16(2)32(29,30)25-12-10-24(11-13-25)20-15-23-26(17-6-5-7-18(27)14-17)22(28)21(20)31-19-8-3-4-9-19/h5-7,14-16,19,27H,3-4,8-13H2,1-2H3. The van der Waals surface area contributed by atoms with Crippen LogP contribution >= 0.6 is 0 Å². The van der Waals surface area contributed by atoms with Crippen molar-refractivity contribution in [2.45, 2.75) is 50.9 Å². The third kappa shape index (κ3) is 4.47. The van der Waals surface area contributed by atoms with Crippen molar-refractivity contribution in [3.05, 3.63) is 40.8 Å². The van der Waals surface area contributed by atoms with Crippen molar-refractivity contribution in [1.29, 1.82) is 0 Å². The molecule has 0 spiro atoms. The van der Waals surface area contributed by atoms with Gasteiger partial charge in [0.1, 0.15) is 11.4 Å². The lowest BCUT2D eigenvalue weighted by molar-refractivity contribution is 0.205. The van der Waals surface area contributed by atoms with E-state index < -0.39 is 20.8 Å². The van der Waals surface area contributed by atoms with Crippen molar-refractivity contribution < 1.29 is 18.3 Å². The van der Waals surface area contributed by atoms with E-state index in [0.29, 0.717) is 37.6 Å². The molecule has 32 heavy (non-hydrogen) atoms. The lowest BCUT2D eigenvalue weighted by Gasteiger charge is -2.36. The van der Waals surface area contributed by atoms with Crippen LogP contribution in [0, 0.1) is 0 Å². The fourth-order valence-corrected chi connectivity index (χ4v) is 5.50. The molecule has 2 aromatic rings. The number of hydrogen-bond acceptors (Lipinski definition) is 7. The highest BCUT2D eigenvalue weighted by Crippen LogP contribution is 2.30. The van der Waals surface area contributed by atoms with Gasteiger partial charge in [0, 0.05) is 32.2 Å². The molecule has 1 N–H and O–H groups in total. The summed E-state index contributed by atoms with van der Waals surface area (Å²) in [7, 11) is -3.32. The zero-order valence-electron chi connectivity index (χ0n) is 18.5. The highest BCUT2D eigenvalue weighted by molar-refractivity contribution is 7.89. The Morgan fingerprint density at radius 3 is 2.44 bits per heavy atom. The van der Waals surface area contributed by atoms with Crippen LogP contribution in [0.2, 0.25) is 0 Å². The van der Waals surface area contributed by atoms with E-state index in [-0.39, 0.29) is 17.6 Å². The minimum Gasteiger partial charge on any atom is -0.508 e. The Morgan fingerprint density at radius 2 is 1.81 bits per heavy atom. The molecule has 2 heterocycles. The van der Waals surface area contributed by atoms with E-state index in [4.69, 9.17) is 4.74 Å². The highest BCUT2D eigenvalue weighted by Gasteiger charge is 2.31. The van der Waals surface area contributed by atoms with E-state index in [1.165, 1.54) is 21.1 Å².